The third-order valence-corrected chi connectivity index (χ3v) is 6.58. The lowest BCUT2D eigenvalue weighted by atomic mass is 9.98. The summed E-state index contributed by atoms with van der Waals surface area (Å²) in [7, 11) is 0. The standard InChI is InChI=1S/C28H22BrN3O/c1-18-15-25-23-11-4-5-12-24(23)30-28(32(25)31-18)27-22-10-3-2-8-20(22)13-14-26(27)33-17-19-7-6-9-21(29)16-19/h2-16,28,30H,17H2,1H3. The fourth-order valence-electron chi connectivity index (χ4n) is 4.62. The van der Waals surface area contributed by atoms with Crippen molar-refractivity contribution in [2.75, 3.05) is 5.32 Å². The van der Waals surface area contributed by atoms with Gasteiger partial charge in [-0.1, -0.05) is 76.6 Å². The first kappa shape index (κ1) is 20.1. The molecule has 162 valence electrons. The van der Waals surface area contributed by atoms with Crippen LogP contribution in [-0.2, 0) is 6.61 Å². The lowest BCUT2D eigenvalue weighted by Crippen LogP contribution is -2.26. The number of ether oxygens (including phenoxy) is 1. The molecule has 4 aromatic carbocycles. The van der Waals surface area contributed by atoms with E-state index >= 15 is 0 Å². The molecule has 0 radical (unpaired) electrons. The molecule has 0 fully saturated rings. The molecule has 0 saturated heterocycles. The van der Waals surface area contributed by atoms with Crippen LogP contribution < -0.4 is 10.1 Å². The molecule has 5 aromatic rings. The minimum absolute atomic E-state index is 0.188. The molecule has 0 saturated carbocycles. The molecule has 0 spiro atoms. The van der Waals surface area contributed by atoms with Crippen LogP contribution >= 0.6 is 15.9 Å². The molecule has 6 rings (SSSR count). The lowest BCUT2D eigenvalue weighted by molar-refractivity contribution is 0.300. The minimum atomic E-state index is -0.188. The van der Waals surface area contributed by atoms with Crippen molar-refractivity contribution in [3.63, 3.8) is 0 Å². The average Bonchev–Trinajstić information content (AvgIpc) is 3.24. The molecule has 1 unspecified atom stereocenters. The van der Waals surface area contributed by atoms with Crippen molar-refractivity contribution in [3.05, 3.63) is 112 Å². The smallest absolute Gasteiger partial charge is 0.151 e. The average molecular weight is 496 g/mol. The second-order valence-corrected chi connectivity index (χ2v) is 9.24. The third-order valence-electron chi connectivity index (χ3n) is 6.09. The fourth-order valence-corrected chi connectivity index (χ4v) is 5.07. The summed E-state index contributed by atoms with van der Waals surface area (Å²) in [5, 5.41) is 10.9. The SMILES string of the molecule is Cc1cc2n(n1)C(c1c(OCc3cccc(Br)c3)ccc3ccccc13)Nc1ccccc1-2. The molecule has 33 heavy (non-hydrogen) atoms. The minimum Gasteiger partial charge on any atom is -0.488 e. The first-order valence-corrected chi connectivity index (χ1v) is 11.8. The first-order chi connectivity index (χ1) is 16.2. The van der Waals surface area contributed by atoms with E-state index in [4.69, 9.17) is 9.84 Å². The number of nitrogens with zero attached hydrogens (tertiary/aromatic N) is 2. The van der Waals surface area contributed by atoms with Gasteiger partial charge in [-0.3, -0.25) is 0 Å². The molecular formula is C28H22BrN3O. The second kappa shape index (κ2) is 8.09. The highest BCUT2D eigenvalue weighted by Crippen LogP contribution is 2.43. The number of hydrogen-bond donors (Lipinski definition) is 1. The van der Waals surface area contributed by atoms with Crippen LogP contribution in [0.2, 0.25) is 0 Å². The van der Waals surface area contributed by atoms with E-state index in [0.717, 1.165) is 49.4 Å². The summed E-state index contributed by atoms with van der Waals surface area (Å²) >= 11 is 3.56. The second-order valence-electron chi connectivity index (χ2n) is 8.33. The summed E-state index contributed by atoms with van der Waals surface area (Å²) in [6, 6.07) is 31.4. The van der Waals surface area contributed by atoms with Gasteiger partial charge in [-0.25, -0.2) is 4.68 Å². The van der Waals surface area contributed by atoms with Gasteiger partial charge in [0.1, 0.15) is 12.4 Å². The number of anilines is 1. The summed E-state index contributed by atoms with van der Waals surface area (Å²) in [4.78, 5) is 0. The molecule has 1 atom stereocenters. The van der Waals surface area contributed by atoms with Gasteiger partial charge in [0.05, 0.1) is 11.4 Å². The van der Waals surface area contributed by atoms with Crippen molar-refractivity contribution < 1.29 is 4.74 Å². The molecule has 4 nitrogen and oxygen atoms in total. The van der Waals surface area contributed by atoms with Crippen LogP contribution in [0.15, 0.2) is 95.5 Å². The summed E-state index contributed by atoms with van der Waals surface area (Å²) in [5.74, 6) is 0.852. The largest absolute Gasteiger partial charge is 0.488 e. The number of hydrogen-bond acceptors (Lipinski definition) is 3. The molecule has 1 N–H and O–H groups in total. The molecule has 1 aliphatic heterocycles. The van der Waals surface area contributed by atoms with Crippen LogP contribution in [0.25, 0.3) is 22.0 Å². The van der Waals surface area contributed by atoms with E-state index in [1.165, 1.54) is 5.39 Å². The maximum atomic E-state index is 6.45. The van der Waals surface area contributed by atoms with E-state index in [1.807, 2.05) is 19.1 Å². The number of rotatable bonds is 4. The normalized spacial score (nSPS) is 14.4. The maximum absolute atomic E-state index is 6.45. The summed E-state index contributed by atoms with van der Waals surface area (Å²) in [6.07, 6.45) is -0.188. The van der Waals surface area contributed by atoms with E-state index in [0.29, 0.717) is 6.61 Å². The van der Waals surface area contributed by atoms with Crippen LogP contribution in [-0.4, -0.2) is 9.78 Å². The molecular weight excluding hydrogens is 474 g/mol. The number of para-hydroxylation sites is 1. The predicted molar refractivity (Wildman–Crippen MR) is 137 cm³/mol. The lowest BCUT2D eigenvalue weighted by Gasteiger charge is -2.31. The van der Waals surface area contributed by atoms with E-state index in [2.05, 4.69) is 105 Å². The molecule has 0 bridgehead atoms. The Bertz CT molecular complexity index is 1490. The molecule has 0 amide bonds. The van der Waals surface area contributed by atoms with Crippen LogP contribution in [0, 0.1) is 6.92 Å². The predicted octanol–water partition coefficient (Wildman–Crippen LogP) is 7.33. The van der Waals surface area contributed by atoms with E-state index in [1.54, 1.807) is 0 Å². The van der Waals surface area contributed by atoms with Crippen molar-refractivity contribution in [3.8, 4) is 17.0 Å². The Morgan fingerprint density at radius 3 is 2.70 bits per heavy atom. The quantitative estimate of drug-likeness (QED) is 0.283. The van der Waals surface area contributed by atoms with E-state index < -0.39 is 0 Å². The zero-order valence-electron chi connectivity index (χ0n) is 18.1. The Morgan fingerprint density at radius 1 is 0.939 bits per heavy atom. The molecule has 1 aromatic heterocycles. The highest BCUT2D eigenvalue weighted by atomic mass is 79.9. The third kappa shape index (κ3) is 3.58. The van der Waals surface area contributed by atoms with Gasteiger partial charge in [-0.15, -0.1) is 0 Å². The van der Waals surface area contributed by atoms with Crippen molar-refractivity contribution >= 4 is 32.4 Å². The van der Waals surface area contributed by atoms with Gasteiger partial charge in [0.25, 0.3) is 0 Å². The summed E-state index contributed by atoms with van der Waals surface area (Å²) in [6.45, 7) is 2.53. The van der Waals surface area contributed by atoms with Gasteiger partial charge in [0.15, 0.2) is 6.17 Å². The highest BCUT2D eigenvalue weighted by molar-refractivity contribution is 9.10. The number of fused-ring (bicyclic) bond motifs is 4. The Labute approximate surface area is 201 Å². The van der Waals surface area contributed by atoms with Gasteiger partial charge < -0.3 is 10.1 Å². The van der Waals surface area contributed by atoms with Crippen LogP contribution in [0.5, 0.6) is 5.75 Å². The number of nitrogens with one attached hydrogen (secondary N) is 1. The van der Waals surface area contributed by atoms with Gasteiger partial charge >= 0.3 is 0 Å². The first-order valence-electron chi connectivity index (χ1n) is 11.0. The molecule has 2 heterocycles. The Balaban J connectivity index is 1.50. The maximum Gasteiger partial charge on any atom is 0.151 e. The van der Waals surface area contributed by atoms with Crippen LogP contribution in [0.3, 0.4) is 0 Å². The monoisotopic (exact) mass is 495 g/mol. The molecule has 1 aliphatic rings. The van der Waals surface area contributed by atoms with Gasteiger partial charge in [-0.2, -0.15) is 5.10 Å². The number of aromatic nitrogens is 2. The van der Waals surface area contributed by atoms with Crippen molar-refractivity contribution in [1.82, 2.24) is 9.78 Å². The van der Waals surface area contributed by atoms with Gasteiger partial charge in [-0.05, 0) is 53.6 Å². The van der Waals surface area contributed by atoms with Crippen LogP contribution in [0.1, 0.15) is 23.0 Å². The highest BCUT2D eigenvalue weighted by Gasteiger charge is 2.29. The zero-order chi connectivity index (χ0) is 22.4. The molecule has 5 heteroatoms. The molecule has 0 aliphatic carbocycles. The number of halogens is 1. The number of aryl methyl sites for hydroxylation is 1. The van der Waals surface area contributed by atoms with E-state index in [-0.39, 0.29) is 6.17 Å². The Hall–Kier alpha value is -3.57. The van der Waals surface area contributed by atoms with Gasteiger partial charge in [0, 0.05) is 21.3 Å². The number of benzene rings is 4. The summed E-state index contributed by atoms with van der Waals surface area (Å²) < 4.78 is 9.58. The Kier molecular flexibility index (Phi) is 4.92. The summed E-state index contributed by atoms with van der Waals surface area (Å²) in [5.41, 5.74) is 6.55. The van der Waals surface area contributed by atoms with Crippen molar-refractivity contribution in [1.29, 1.82) is 0 Å². The Morgan fingerprint density at radius 2 is 1.79 bits per heavy atom. The van der Waals surface area contributed by atoms with Crippen molar-refractivity contribution in [2.45, 2.75) is 19.7 Å². The van der Waals surface area contributed by atoms with Crippen LogP contribution in [0.4, 0.5) is 5.69 Å². The fraction of sp³-hybridized carbons (Fsp3) is 0.107. The topological polar surface area (TPSA) is 39.1 Å². The zero-order valence-corrected chi connectivity index (χ0v) is 19.7. The van der Waals surface area contributed by atoms with Crippen molar-refractivity contribution in [2.24, 2.45) is 0 Å². The van der Waals surface area contributed by atoms with E-state index in [9.17, 15) is 0 Å². The van der Waals surface area contributed by atoms with Gasteiger partial charge in [0.2, 0.25) is 0 Å².